The monoisotopic (exact) mass is 250 g/mol. The average Bonchev–Trinajstić information content (AvgIpc) is 2.80. The molecular weight excluding hydrogens is 232 g/mol. The normalized spacial score (nSPS) is 16.3. The second kappa shape index (κ2) is 4.57. The van der Waals surface area contributed by atoms with Crippen molar-refractivity contribution < 1.29 is 14.6 Å². The van der Waals surface area contributed by atoms with Crippen molar-refractivity contribution in [1.82, 2.24) is 9.88 Å². The molecule has 1 amide bonds. The van der Waals surface area contributed by atoms with Gasteiger partial charge >= 0.3 is 6.09 Å². The molecule has 3 rings (SSSR count). The summed E-state index contributed by atoms with van der Waals surface area (Å²) in [6.45, 7) is 6.26. The van der Waals surface area contributed by atoms with Gasteiger partial charge in [0.25, 0.3) is 0 Å². The van der Waals surface area contributed by atoms with Gasteiger partial charge in [-0.05, 0) is 32.9 Å². The minimum absolute atomic E-state index is 0.340. The maximum Gasteiger partial charge on any atom is 0.410 e. The molecule has 0 atom stereocenters. The number of carbonyl (C=O) groups excluding carboxylic acids is 1. The van der Waals surface area contributed by atoms with E-state index in [1.165, 1.54) is 16.2 Å². The van der Waals surface area contributed by atoms with Gasteiger partial charge in [-0.1, -0.05) is 0 Å². The summed E-state index contributed by atoms with van der Waals surface area (Å²) in [4.78, 5) is 16.6. The summed E-state index contributed by atoms with van der Waals surface area (Å²) in [7, 11) is 0. The highest BCUT2D eigenvalue weighted by Crippen LogP contribution is 2.29. The van der Waals surface area contributed by atoms with Crippen LogP contribution in [-0.2, 0) is 4.74 Å². The molecule has 5 nitrogen and oxygen atoms in total. The molecule has 1 aliphatic carbocycles. The Balaban J connectivity index is 0.000000164. The Bertz CT molecular complexity index is 431. The summed E-state index contributed by atoms with van der Waals surface area (Å²) < 4.78 is 5.07. The number of hydrogen-bond donors (Lipinski definition) is 1. The van der Waals surface area contributed by atoms with Gasteiger partial charge in [-0.25, -0.2) is 4.79 Å². The van der Waals surface area contributed by atoms with Gasteiger partial charge in [0, 0.05) is 11.8 Å². The zero-order valence-electron chi connectivity index (χ0n) is 10.9. The molecule has 0 aromatic heterocycles. The molecule has 1 fully saturated rings. The van der Waals surface area contributed by atoms with Crippen LogP contribution in [0.15, 0.2) is 18.3 Å². The Morgan fingerprint density at radius 1 is 1.50 bits per heavy atom. The minimum atomic E-state index is -0.447. The van der Waals surface area contributed by atoms with Crippen LogP contribution in [0.3, 0.4) is 0 Å². The van der Waals surface area contributed by atoms with Crippen molar-refractivity contribution in [2.45, 2.75) is 32.5 Å². The molecular formula is C13H18N2O3. The van der Waals surface area contributed by atoms with E-state index in [1.54, 1.807) is 0 Å². The van der Waals surface area contributed by atoms with Crippen LogP contribution in [0.1, 0.15) is 20.8 Å². The summed E-state index contributed by atoms with van der Waals surface area (Å²) in [5.41, 5.74) is 2.04. The topological polar surface area (TPSA) is 62.7 Å². The summed E-state index contributed by atoms with van der Waals surface area (Å²) in [6.07, 6.45) is 1.12. The Morgan fingerprint density at radius 3 is 2.44 bits per heavy atom. The van der Waals surface area contributed by atoms with E-state index < -0.39 is 5.60 Å². The Kier molecular flexibility index (Phi) is 3.26. The van der Waals surface area contributed by atoms with Gasteiger partial charge < -0.3 is 14.7 Å². The van der Waals surface area contributed by atoms with Crippen molar-refractivity contribution in [2.75, 3.05) is 13.1 Å². The van der Waals surface area contributed by atoms with Crippen LogP contribution in [0.4, 0.5) is 4.79 Å². The number of amides is 1. The fourth-order valence-corrected chi connectivity index (χ4v) is 1.49. The number of aliphatic hydroxyl groups excluding tert-OH is 1. The third-order valence-corrected chi connectivity index (χ3v) is 2.49. The maximum atomic E-state index is 11.2. The number of hydrogen-bond acceptors (Lipinski definition) is 4. The van der Waals surface area contributed by atoms with Gasteiger partial charge in [-0.2, -0.15) is 0 Å². The van der Waals surface area contributed by atoms with Crippen LogP contribution in [0.25, 0.3) is 11.3 Å². The number of ether oxygens (including phenoxy) is 1. The van der Waals surface area contributed by atoms with Crippen molar-refractivity contribution in [1.29, 1.82) is 0 Å². The third kappa shape index (κ3) is 3.43. The second-order valence-electron chi connectivity index (χ2n) is 5.47. The zero-order chi connectivity index (χ0) is 13.3. The Labute approximate surface area is 106 Å². The molecule has 2 heterocycles. The van der Waals surface area contributed by atoms with Crippen molar-refractivity contribution in [3.05, 3.63) is 18.3 Å². The number of aromatic nitrogens is 1. The maximum absolute atomic E-state index is 11.2. The standard InChI is InChI=1S/C8H15NO3.C5H3N/c1-8(2,3)12-7(11)9-4-6(10)5-9;1-2-6-5-3-4(1)5/h6,10H,4-5H2,1-3H3;1-3H. The molecule has 2 aliphatic heterocycles. The molecule has 5 heteroatoms. The molecule has 0 spiro atoms. The van der Waals surface area contributed by atoms with E-state index in [9.17, 15) is 4.79 Å². The fraction of sp³-hybridized carbons (Fsp3) is 0.538. The van der Waals surface area contributed by atoms with Gasteiger partial charge in [-0.15, -0.1) is 0 Å². The first-order valence-electron chi connectivity index (χ1n) is 5.97. The highest BCUT2D eigenvalue weighted by molar-refractivity contribution is 5.75. The van der Waals surface area contributed by atoms with Gasteiger partial charge in [0.1, 0.15) is 5.60 Å². The zero-order valence-corrected chi connectivity index (χ0v) is 10.9. The molecule has 0 radical (unpaired) electrons. The van der Waals surface area contributed by atoms with Gasteiger partial charge in [0.05, 0.1) is 24.9 Å². The summed E-state index contributed by atoms with van der Waals surface area (Å²) in [5.74, 6) is 0. The van der Waals surface area contributed by atoms with Gasteiger partial charge in [0.2, 0.25) is 0 Å². The van der Waals surface area contributed by atoms with Crippen molar-refractivity contribution in [3.63, 3.8) is 0 Å². The molecule has 1 N–H and O–H groups in total. The number of pyridine rings is 1. The highest BCUT2D eigenvalue weighted by atomic mass is 16.6. The van der Waals surface area contributed by atoms with E-state index in [0.29, 0.717) is 13.1 Å². The molecule has 0 saturated carbocycles. The quantitative estimate of drug-likeness (QED) is 0.772. The minimum Gasteiger partial charge on any atom is -0.444 e. The van der Waals surface area contributed by atoms with Crippen LogP contribution < -0.4 is 0 Å². The SMILES string of the molecule is CC(C)(C)OC(=O)N1CC(O)C1.c1cc2cc-2n1. The van der Waals surface area contributed by atoms with Gasteiger partial charge in [0.15, 0.2) is 0 Å². The van der Waals surface area contributed by atoms with E-state index in [0.717, 1.165) is 0 Å². The molecule has 1 saturated heterocycles. The second-order valence-corrected chi connectivity index (χ2v) is 5.47. The smallest absolute Gasteiger partial charge is 0.410 e. The van der Waals surface area contributed by atoms with E-state index in [4.69, 9.17) is 9.84 Å². The van der Waals surface area contributed by atoms with Crippen LogP contribution in [-0.4, -0.2) is 45.9 Å². The molecule has 3 aliphatic rings. The number of likely N-dealkylation sites (tertiary alicyclic amines) is 1. The predicted octanol–water partition coefficient (Wildman–Crippen LogP) is 1.66. The van der Waals surface area contributed by atoms with E-state index in [-0.39, 0.29) is 12.2 Å². The Hall–Kier alpha value is -1.62. The number of rotatable bonds is 0. The largest absolute Gasteiger partial charge is 0.444 e. The van der Waals surface area contributed by atoms with Crippen molar-refractivity contribution in [3.8, 4) is 11.3 Å². The van der Waals surface area contributed by atoms with Crippen LogP contribution in [0.2, 0.25) is 0 Å². The highest BCUT2D eigenvalue weighted by Gasteiger charge is 2.32. The van der Waals surface area contributed by atoms with E-state index in [2.05, 4.69) is 11.1 Å². The summed E-state index contributed by atoms with van der Waals surface area (Å²) in [5, 5.41) is 8.92. The number of β-amino-alcohol motifs (C(OH)–C–C–N with tert-alkyl or cyclic N) is 1. The number of carbonyl (C=O) groups is 1. The number of nitrogens with zero attached hydrogens (tertiary/aromatic N) is 2. The number of fused-ring (bicyclic) bond motifs is 1. The molecule has 0 bridgehead atoms. The fourth-order valence-electron chi connectivity index (χ4n) is 1.49. The van der Waals surface area contributed by atoms with Gasteiger partial charge in [-0.3, -0.25) is 4.98 Å². The average molecular weight is 250 g/mol. The van der Waals surface area contributed by atoms with Crippen LogP contribution >= 0.6 is 0 Å². The lowest BCUT2D eigenvalue weighted by molar-refractivity contribution is -0.0303. The first-order chi connectivity index (χ1) is 8.35. The predicted molar refractivity (Wildman–Crippen MR) is 67.0 cm³/mol. The first kappa shape index (κ1) is 12.8. The lowest BCUT2D eigenvalue weighted by atomic mass is 10.2. The lowest BCUT2D eigenvalue weighted by Crippen LogP contribution is -2.54. The van der Waals surface area contributed by atoms with E-state index in [1.807, 2.05) is 33.0 Å². The Morgan fingerprint density at radius 2 is 2.17 bits per heavy atom. The first-order valence-corrected chi connectivity index (χ1v) is 5.97. The molecule has 0 unspecified atom stereocenters. The van der Waals surface area contributed by atoms with Crippen LogP contribution in [0, 0.1) is 0 Å². The van der Waals surface area contributed by atoms with Crippen molar-refractivity contribution in [2.24, 2.45) is 0 Å². The van der Waals surface area contributed by atoms with Crippen LogP contribution in [0.5, 0.6) is 0 Å². The number of aliphatic hydroxyl groups is 1. The summed E-state index contributed by atoms with van der Waals surface area (Å²) in [6, 6.07) is 4.06. The summed E-state index contributed by atoms with van der Waals surface area (Å²) >= 11 is 0. The third-order valence-electron chi connectivity index (χ3n) is 2.49. The molecule has 0 aromatic rings. The molecule has 18 heavy (non-hydrogen) atoms. The lowest BCUT2D eigenvalue weighted by Gasteiger charge is -2.36. The molecule has 0 aromatic carbocycles. The van der Waals surface area contributed by atoms with Crippen molar-refractivity contribution >= 4 is 6.09 Å². The molecule has 98 valence electrons. The van der Waals surface area contributed by atoms with E-state index >= 15 is 0 Å².